The summed E-state index contributed by atoms with van der Waals surface area (Å²) in [6.45, 7) is -0.732. The first-order valence-electron chi connectivity index (χ1n) is 4.02. The van der Waals surface area contributed by atoms with Crippen molar-refractivity contribution in [1.82, 2.24) is 0 Å². The van der Waals surface area contributed by atoms with Crippen molar-refractivity contribution in [1.29, 1.82) is 0 Å². The average Bonchev–Trinajstić information content (AvgIpc) is 2.13. The minimum Gasteiger partial charge on any atom is -0.394 e. The highest BCUT2D eigenvalue weighted by atomic mass is 16.5. The Morgan fingerprint density at radius 2 is 1.85 bits per heavy atom. The first-order chi connectivity index (χ1) is 6.07. The van der Waals surface area contributed by atoms with Crippen molar-refractivity contribution in [2.45, 2.75) is 30.5 Å². The van der Waals surface area contributed by atoms with Crippen molar-refractivity contribution in [3.63, 3.8) is 0 Å². The number of hydrogen-bond donors (Lipinski definition) is 5. The van der Waals surface area contributed by atoms with E-state index in [9.17, 15) is 10.2 Å². The van der Waals surface area contributed by atoms with Crippen LogP contribution in [0.1, 0.15) is 0 Å². The lowest BCUT2D eigenvalue weighted by Crippen LogP contribution is -2.57. The zero-order valence-corrected chi connectivity index (χ0v) is 6.95. The summed E-state index contributed by atoms with van der Waals surface area (Å²) < 4.78 is 4.86. The van der Waals surface area contributed by atoms with Crippen molar-refractivity contribution >= 4 is 0 Å². The molecule has 0 aromatic carbocycles. The molecule has 1 aliphatic heterocycles. The van der Waals surface area contributed by atoms with Gasteiger partial charge in [0.2, 0.25) is 0 Å². The Hall–Kier alpha value is -0.240. The SMILES string of the molecule is OC[C@@H](O)C1OC[C@H](O)C(O)[C@@H]1O. The van der Waals surface area contributed by atoms with Gasteiger partial charge in [-0.15, -0.1) is 0 Å². The molecule has 0 aromatic rings. The number of ether oxygens (including phenoxy) is 1. The summed E-state index contributed by atoms with van der Waals surface area (Å²) in [5.74, 6) is 0. The molecule has 5 N–H and O–H groups in total. The third-order valence-electron chi connectivity index (χ3n) is 2.11. The van der Waals surface area contributed by atoms with E-state index in [1.807, 2.05) is 0 Å². The first kappa shape index (κ1) is 10.8. The highest BCUT2D eigenvalue weighted by Crippen LogP contribution is 2.17. The van der Waals surface area contributed by atoms with Crippen LogP contribution in [0.25, 0.3) is 0 Å². The van der Waals surface area contributed by atoms with Crippen molar-refractivity contribution in [3.05, 3.63) is 0 Å². The quantitative estimate of drug-likeness (QED) is 0.317. The Kier molecular flexibility index (Phi) is 3.60. The van der Waals surface area contributed by atoms with E-state index in [4.69, 9.17) is 20.1 Å². The minimum atomic E-state index is -1.38. The van der Waals surface area contributed by atoms with E-state index >= 15 is 0 Å². The van der Waals surface area contributed by atoms with Gasteiger partial charge in [0.25, 0.3) is 0 Å². The molecule has 0 radical (unpaired) electrons. The highest BCUT2D eigenvalue weighted by Gasteiger charge is 2.40. The maximum absolute atomic E-state index is 9.30. The molecule has 1 fully saturated rings. The molecule has 6 heteroatoms. The molecule has 0 aromatic heterocycles. The van der Waals surface area contributed by atoms with Gasteiger partial charge >= 0.3 is 0 Å². The van der Waals surface area contributed by atoms with Crippen molar-refractivity contribution in [2.75, 3.05) is 13.2 Å². The fourth-order valence-electron chi connectivity index (χ4n) is 1.27. The molecule has 0 saturated carbocycles. The molecule has 0 spiro atoms. The van der Waals surface area contributed by atoms with E-state index in [-0.39, 0.29) is 6.61 Å². The Balaban J connectivity index is 2.58. The van der Waals surface area contributed by atoms with E-state index in [2.05, 4.69) is 0 Å². The predicted octanol–water partition coefficient (Wildman–Crippen LogP) is -3.18. The molecule has 1 rings (SSSR count). The molecule has 1 aliphatic rings. The van der Waals surface area contributed by atoms with Gasteiger partial charge in [-0.3, -0.25) is 0 Å². The van der Waals surface area contributed by atoms with Crippen LogP contribution in [0.5, 0.6) is 0 Å². The van der Waals surface area contributed by atoms with Crippen molar-refractivity contribution in [2.24, 2.45) is 0 Å². The summed E-state index contributed by atoms with van der Waals surface area (Å²) in [5.41, 5.74) is 0. The lowest BCUT2D eigenvalue weighted by molar-refractivity contribution is -0.214. The molecule has 1 heterocycles. The van der Waals surface area contributed by atoms with Crippen LogP contribution in [0.15, 0.2) is 0 Å². The van der Waals surface area contributed by atoms with Gasteiger partial charge in [0.1, 0.15) is 30.5 Å². The molecule has 13 heavy (non-hydrogen) atoms. The second kappa shape index (κ2) is 4.32. The average molecular weight is 194 g/mol. The van der Waals surface area contributed by atoms with Gasteiger partial charge in [-0.1, -0.05) is 0 Å². The molecule has 0 bridgehead atoms. The lowest BCUT2D eigenvalue weighted by atomic mass is 9.97. The predicted molar refractivity (Wildman–Crippen MR) is 40.9 cm³/mol. The van der Waals surface area contributed by atoms with Gasteiger partial charge in [0, 0.05) is 0 Å². The van der Waals surface area contributed by atoms with Crippen molar-refractivity contribution in [3.8, 4) is 0 Å². The highest BCUT2D eigenvalue weighted by molar-refractivity contribution is 4.89. The largest absolute Gasteiger partial charge is 0.394 e. The van der Waals surface area contributed by atoms with Crippen LogP contribution in [0.4, 0.5) is 0 Å². The van der Waals surface area contributed by atoms with Crippen LogP contribution in [0.2, 0.25) is 0 Å². The minimum absolute atomic E-state index is 0.167. The molecule has 78 valence electrons. The summed E-state index contributed by atoms with van der Waals surface area (Å²) >= 11 is 0. The maximum Gasteiger partial charge on any atom is 0.114 e. The maximum atomic E-state index is 9.30. The van der Waals surface area contributed by atoms with Crippen LogP contribution >= 0.6 is 0 Å². The second-order valence-electron chi connectivity index (χ2n) is 3.10. The zero-order valence-electron chi connectivity index (χ0n) is 6.95. The van der Waals surface area contributed by atoms with E-state index in [0.29, 0.717) is 0 Å². The molecule has 0 amide bonds. The van der Waals surface area contributed by atoms with Crippen LogP contribution in [-0.4, -0.2) is 69.3 Å². The monoisotopic (exact) mass is 194 g/mol. The third-order valence-corrected chi connectivity index (χ3v) is 2.11. The van der Waals surface area contributed by atoms with Crippen LogP contribution in [-0.2, 0) is 4.74 Å². The lowest BCUT2D eigenvalue weighted by Gasteiger charge is -2.36. The van der Waals surface area contributed by atoms with Gasteiger partial charge < -0.3 is 30.3 Å². The summed E-state index contributed by atoms with van der Waals surface area (Å²) in [5, 5.41) is 45.2. The molecule has 0 aliphatic carbocycles. The fourth-order valence-corrected chi connectivity index (χ4v) is 1.27. The zero-order chi connectivity index (χ0) is 10.0. The Morgan fingerprint density at radius 3 is 2.38 bits per heavy atom. The van der Waals surface area contributed by atoms with E-state index in [0.717, 1.165) is 0 Å². The molecular formula is C7H14O6. The molecule has 1 saturated heterocycles. The molecular weight excluding hydrogens is 180 g/mol. The Bertz CT molecular complexity index is 163. The van der Waals surface area contributed by atoms with Crippen LogP contribution in [0, 0.1) is 0 Å². The molecule has 5 atom stereocenters. The van der Waals surface area contributed by atoms with Crippen molar-refractivity contribution < 1.29 is 30.3 Å². The van der Waals surface area contributed by atoms with Crippen LogP contribution in [0.3, 0.4) is 0 Å². The van der Waals surface area contributed by atoms with Gasteiger partial charge in [-0.25, -0.2) is 0 Å². The van der Waals surface area contributed by atoms with Gasteiger partial charge in [-0.2, -0.15) is 0 Å². The normalized spacial score (nSPS) is 43.2. The smallest absolute Gasteiger partial charge is 0.114 e. The first-order valence-corrected chi connectivity index (χ1v) is 4.02. The Morgan fingerprint density at radius 1 is 1.23 bits per heavy atom. The third kappa shape index (κ3) is 2.16. The van der Waals surface area contributed by atoms with Gasteiger partial charge in [0.15, 0.2) is 0 Å². The van der Waals surface area contributed by atoms with Crippen LogP contribution < -0.4 is 0 Å². The van der Waals surface area contributed by atoms with E-state index in [1.54, 1.807) is 0 Å². The van der Waals surface area contributed by atoms with E-state index < -0.39 is 37.1 Å². The summed E-state index contributed by atoms with van der Waals surface area (Å²) in [4.78, 5) is 0. The number of hydrogen-bond acceptors (Lipinski definition) is 6. The fraction of sp³-hybridized carbons (Fsp3) is 1.00. The number of aliphatic hydroxyl groups excluding tert-OH is 5. The second-order valence-corrected chi connectivity index (χ2v) is 3.10. The van der Waals surface area contributed by atoms with Gasteiger partial charge in [-0.05, 0) is 0 Å². The molecule has 2 unspecified atom stereocenters. The Labute approximate surface area is 75.0 Å². The molecule has 6 nitrogen and oxygen atoms in total. The topological polar surface area (TPSA) is 110 Å². The standard InChI is InChI=1S/C7H14O6/c8-1-3(9)7-6(12)5(11)4(10)2-13-7/h3-12H,1-2H2/t3-,4+,5?,6+,7?/m1/s1. The summed E-state index contributed by atoms with van der Waals surface area (Å²) in [6.07, 6.45) is -6.19. The van der Waals surface area contributed by atoms with Gasteiger partial charge in [0.05, 0.1) is 13.2 Å². The summed E-state index contributed by atoms with van der Waals surface area (Å²) in [6, 6.07) is 0. The van der Waals surface area contributed by atoms with E-state index in [1.165, 1.54) is 0 Å². The number of aliphatic hydroxyl groups is 5. The summed E-state index contributed by atoms with van der Waals surface area (Å²) in [7, 11) is 0. The number of rotatable bonds is 2.